The van der Waals surface area contributed by atoms with Crippen LogP contribution in [0.1, 0.15) is 0 Å². The maximum absolute atomic E-state index is 9.08. The van der Waals surface area contributed by atoms with Gasteiger partial charge in [0.15, 0.2) is 0 Å². The zero-order valence-electron chi connectivity index (χ0n) is 3.53. The number of hydrogen-bond acceptors (Lipinski definition) is 3. The molecule has 0 aromatic heterocycles. The average molecular weight is 150 g/mol. The first-order valence-corrected chi connectivity index (χ1v) is 2.28. The summed E-state index contributed by atoms with van der Waals surface area (Å²) >= 11 is 0. The summed E-state index contributed by atoms with van der Waals surface area (Å²) in [5.41, 5.74) is 0. The molecule has 0 radical (unpaired) electrons. The summed E-state index contributed by atoms with van der Waals surface area (Å²) in [6.45, 7) is 0. The first kappa shape index (κ1) is 11.0. The van der Waals surface area contributed by atoms with Gasteiger partial charge < -0.3 is 0 Å². The molecule has 0 saturated carbocycles. The van der Waals surface area contributed by atoms with E-state index in [9.17, 15) is 0 Å². The first-order chi connectivity index (χ1) is 2.56. The Kier molecular flexibility index (Phi) is 6.40. The second-order valence-corrected chi connectivity index (χ2v) is 1.57. The van der Waals surface area contributed by atoms with Gasteiger partial charge in [-0.05, 0) is 0 Å². The Balaban J connectivity index is 0. The fourth-order valence-corrected chi connectivity index (χ4v) is 0. The maximum atomic E-state index is 9.08. The van der Waals surface area contributed by atoms with Gasteiger partial charge in [0.2, 0.25) is 0 Å². The number of nitrogens with zero attached hydrogens (tertiary/aromatic N) is 1. The van der Waals surface area contributed by atoms with Crippen LogP contribution in [0.15, 0.2) is 4.58 Å². The minimum Gasteiger partial charge on any atom is -0.266 e. The van der Waals surface area contributed by atoms with E-state index in [1.165, 1.54) is 4.58 Å². The predicted molar refractivity (Wildman–Crippen MR) is 17.3 cm³/mol. The molecule has 0 aromatic carbocycles. The van der Waals surface area contributed by atoms with Gasteiger partial charge in [0.1, 0.15) is 0 Å². The molecule has 0 heterocycles. The van der Waals surface area contributed by atoms with Crippen LogP contribution in [0.3, 0.4) is 0 Å². The van der Waals surface area contributed by atoms with Gasteiger partial charge >= 0.3 is 61.7 Å². The van der Waals surface area contributed by atoms with Gasteiger partial charge in [-0.15, -0.1) is 4.91 Å². The summed E-state index contributed by atoms with van der Waals surface area (Å²) in [5, 5.41) is 0. The molecule has 0 bridgehead atoms. The van der Waals surface area contributed by atoms with Gasteiger partial charge in [-0.1, -0.05) is 0 Å². The van der Waals surface area contributed by atoms with Crippen LogP contribution in [0.25, 0.3) is 0 Å². The van der Waals surface area contributed by atoms with E-state index in [-0.39, 0.29) is 51.4 Å². The van der Waals surface area contributed by atoms with Crippen LogP contribution in [0, 0.1) is 4.91 Å². The molecule has 0 rings (SSSR count). The molecule has 7 heavy (non-hydrogen) atoms. The van der Waals surface area contributed by atoms with Gasteiger partial charge in [0.25, 0.3) is 0 Å². The summed E-state index contributed by atoms with van der Waals surface area (Å²) in [5.74, 6) is 0. The van der Waals surface area contributed by atoms with E-state index in [1.54, 1.807) is 0 Å². The van der Waals surface area contributed by atoms with Crippen molar-refractivity contribution in [3.8, 4) is 0 Å². The van der Waals surface area contributed by atoms with Gasteiger partial charge in [-0.2, -0.15) is 8.42 Å². The van der Waals surface area contributed by atoms with E-state index in [0.29, 0.717) is 0 Å². The van der Waals surface area contributed by atoms with Crippen molar-refractivity contribution in [1.29, 1.82) is 0 Å². The quantitative estimate of drug-likeness (QED) is 0.239. The average Bonchev–Trinajstić information content (AvgIpc) is 1.35. The summed E-state index contributed by atoms with van der Waals surface area (Å²) in [6.07, 6.45) is 0. The van der Waals surface area contributed by atoms with Crippen LogP contribution >= 0.6 is 0 Å². The van der Waals surface area contributed by atoms with Crippen LogP contribution in [0.5, 0.6) is 0 Å². The SMILES string of the molecule is O=NS(=O)(=O)O.[K+]. The van der Waals surface area contributed by atoms with E-state index in [1.807, 2.05) is 0 Å². The van der Waals surface area contributed by atoms with Crippen molar-refractivity contribution in [2.45, 2.75) is 0 Å². The minimum absolute atomic E-state index is 0. The normalized spacial score (nSPS) is 9.29. The topological polar surface area (TPSA) is 83.8 Å². The largest absolute Gasteiger partial charge is 1.00 e. The Labute approximate surface area is 82.8 Å². The molecule has 0 aliphatic rings. The number of hydrogen-bond donors (Lipinski definition) is 1. The molecule has 0 aliphatic carbocycles. The van der Waals surface area contributed by atoms with Crippen molar-refractivity contribution in [2.24, 2.45) is 4.58 Å². The second kappa shape index (κ2) is 4.07. The van der Waals surface area contributed by atoms with Gasteiger partial charge in [-0.3, -0.25) is 4.55 Å². The molecule has 0 aliphatic heterocycles. The van der Waals surface area contributed by atoms with Crippen molar-refractivity contribution in [2.75, 3.05) is 0 Å². The first-order valence-electron chi connectivity index (χ1n) is 0.881. The van der Waals surface area contributed by atoms with Crippen molar-refractivity contribution in [3.05, 3.63) is 4.91 Å². The molecule has 5 nitrogen and oxygen atoms in total. The van der Waals surface area contributed by atoms with E-state index in [4.69, 9.17) is 17.9 Å². The van der Waals surface area contributed by atoms with E-state index >= 15 is 0 Å². The van der Waals surface area contributed by atoms with Crippen LogP contribution in [-0.2, 0) is 10.3 Å². The fraction of sp³-hybridized carbons (Fsp3) is 0. The minimum atomic E-state index is -4.59. The standard InChI is InChI=1S/K.HNO4S/c;2-1-6(3,4)5/h;(H,3,4,5)/q+1;. The van der Waals surface area contributed by atoms with Crippen molar-refractivity contribution in [1.82, 2.24) is 0 Å². The monoisotopic (exact) mass is 150 g/mol. The van der Waals surface area contributed by atoms with Crippen molar-refractivity contribution in [3.63, 3.8) is 0 Å². The third-order valence-corrected chi connectivity index (χ3v) is 0.283. The van der Waals surface area contributed by atoms with E-state index in [0.717, 1.165) is 0 Å². The summed E-state index contributed by atoms with van der Waals surface area (Å²) in [7, 11) is -4.59. The molecule has 0 saturated heterocycles. The molecule has 0 atom stereocenters. The van der Waals surface area contributed by atoms with Gasteiger partial charge in [0, 0.05) is 0 Å². The molecular formula is HKNO4S+. The Morgan fingerprint density at radius 3 is 1.57 bits per heavy atom. The van der Waals surface area contributed by atoms with Crippen molar-refractivity contribution < 1.29 is 64.4 Å². The van der Waals surface area contributed by atoms with E-state index < -0.39 is 10.3 Å². The Hall–Kier alpha value is 1.15. The zero-order chi connectivity index (χ0) is 5.21. The summed E-state index contributed by atoms with van der Waals surface area (Å²) in [4.78, 5) is 8.74. The molecular weight excluding hydrogens is 149 g/mol. The van der Waals surface area contributed by atoms with Crippen LogP contribution in [0.2, 0.25) is 0 Å². The molecule has 1 N–H and O–H groups in total. The smallest absolute Gasteiger partial charge is 0.266 e. The molecule has 7 heteroatoms. The zero-order valence-corrected chi connectivity index (χ0v) is 7.47. The molecule has 0 amide bonds. The fourth-order valence-electron chi connectivity index (χ4n) is 0. The molecule has 0 aromatic rings. The summed E-state index contributed by atoms with van der Waals surface area (Å²) in [6, 6.07) is 0. The Bertz CT molecular complexity index is 122. The molecule has 0 spiro atoms. The van der Waals surface area contributed by atoms with Crippen LogP contribution in [0.4, 0.5) is 0 Å². The molecule has 36 valence electrons. The number of nitroso groups, excluding NO2 is 1. The maximum Gasteiger partial charge on any atom is 1.00 e. The third-order valence-electron chi connectivity index (χ3n) is 0.0942. The third kappa shape index (κ3) is 11.0. The molecule has 0 unspecified atom stereocenters. The molecule has 0 fully saturated rings. The predicted octanol–water partition coefficient (Wildman–Crippen LogP) is -3.44. The van der Waals surface area contributed by atoms with Crippen LogP contribution < -0.4 is 51.4 Å². The van der Waals surface area contributed by atoms with Gasteiger partial charge in [-0.25, -0.2) is 0 Å². The second-order valence-electron chi connectivity index (χ2n) is 0.522. The van der Waals surface area contributed by atoms with E-state index in [2.05, 4.69) is 0 Å². The van der Waals surface area contributed by atoms with Crippen molar-refractivity contribution >= 4 is 10.3 Å². The Morgan fingerprint density at radius 2 is 1.57 bits per heavy atom. The Morgan fingerprint density at radius 1 is 1.43 bits per heavy atom. The summed E-state index contributed by atoms with van der Waals surface area (Å²) < 4.78 is 26.8. The number of rotatable bonds is 1. The van der Waals surface area contributed by atoms with Crippen LogP contribution in [-0.4, -0.2) is 13.0 Å². The van der Waals surface area contributed by atoms with Gasteiger partial charge in [0.05, 0.1) is 4.58 Å².